The maximum atomic E-state index is 10.8. The molecule has 0 aromatic rings. The predicted octanol–water partition coefficient (Wildman–Crippen LogP) is 0.917. The van der Waals surface area contributed by atoms with E-state index in [1.165, 1.54) is 0 Å². The van der Waals surface area contributed by atoms with Crippen LogP contribution in [0.15, 0.2) is 23.8 Å². The third-order valence-corrected chi connectivity index (χ3v) is 1.50. The van der Waals surface area contributed by atoms with Crippen LogP contribution in [0.3, 0.4) is 0 Å². The Morgan fingerprint density at radius 3 is 2.64 bits per heavy atom. The van der Waals surface area contributed by atoms with Crippen LogP contribution in [0, 0.1) is 0 Å². The van der Waals surface area contributed by atoms with Crippen molar-refractivity contribution in [2.45, 2.75) is 12.8 Å². The Kier molecular flexibility index (Phi) is 2.21. The van der Waals surface area contributed by atoms with Gasteiger partial charge in [0.15, 0.2) is 0 Å². The fraction of sp³-hybridized carbons (Fsp3) is 0.250. The summed E-state index contributed by atoms with van der Waals surface area (Å²) < 4.78 is 0. The molecule has 1 rings (SSSR count). The predicted molar refractivity (Wildman–Crippen MR) is 39.1 cm³/mol. The molecule has 58 valence electrons. The van der Waals surface area contributed by atoms with E-state index < -0.39 is 11.8 Å². The minimum absolute atomic E-state index is 0.389. The summed E-state index contributed by atoms with van der Waals surface area (Å²) in [6.07, 6.45) is 6.46. The molecule has 1 aliphatic rings. The van der Waals surface area contributed by atoms with Gasteiger partial charge in [-0.2, -0.15) is 0 Å². The first kappa shape index (κ1) is 7.72. The van der Waals surface area contributed by atoms with Gasteiger partial charge in [0.25, 0.3) is 5.78 Å². The molecule has 0 aliphatic heterocycles. The molecule has 0 aromatic heterocycles. The Balaban J connectivity index is 2.74. The van der Waals surface area contributed by atoms with Crippen LogP contribution in [0.5, 0.6) is 0 Å². The van der Waals surface area contributed by atoms with E-state index in [0.29, 0.717) is 12.0 Å². The van der Waals surface area contributed by atoms with Crippen molar-refractivity contribution in [1.29, 1.82) is 0 Å². The van der Waals surface area contributed by atoms with E-state index in [0.717, 1.165) is 6.42 Å². The van der Waals surface area contributed by atoms with Crippen LogP contribution in [0.25, 0.3) is 0 Å². The summed E-state index contributed by atoms with van der Waals surface area (Å²) >= 11 is 0. The lowest BCUT2D eigenvalue weighted by Gasteiger charge is -2.03. The lowest BCUT2D eigenvalue weighted by atomic mass is 10.0. The molecule has 1 N–H and O–H groups in total. The van der Waals surface area contributed by atoms with Gasteiger partial charge in [0.2, 0.25) is 0 Å². The summed E-state index contributed by atoms with van der Waals surface area (Å²) in [7, 11) is 0. The number of hydrogen-bond donors (Lipinski definition) is 1. The van der Waals surface area contributed by atoms with Crippen LogP contribution < -0.4 is 0 Å². The quantitative estimate of drug-likeness (QED) is 0.598. The summed E-state index contributed by atoms with van der Waals surface area (Å²) in [6.45, 7) is 0. The van der Waals surface area contributed by atoms with Crippen molar-refractivity contribution in [2.75, 3.05) is 0 Å². The molecule has 0 fully saturated rings. The molecule has 11 heavy (non-hydrogen) atoms. The number of allylic oxidation sites excluding steroid dienone is 3. The second-order valence-electron chi connectivity index (χ2n) is 2.29. The second-order valence-corrected chi connectivity index (χ2v) is 2.29. The standard InChI is InChI=1S/C8H8O3/c9-7(8(10)11)6-4-2-1-3-5-6/h1-2,4H,3,5H2,(H,10,11). The molecule has 0 spiro atoms. The van der Waals surface area contributed by atoms with E-state index in [1.54, 1.807) is 12.2 Å². The van der Waals surface area contributed by atoms with E-state index in [2.05, 4.69) is 0 Å². The molecule has 3 heteroatoms. The molecule has 0 amide bonds. The van der Waals surface area contributed by atoms with E-state index in [-0.39, 0.29) is 0 Å². The van der Waals surface area contributed by atoms with Gasteiger partial charge in [-0.1, -0.05) is 18.2 Å². The van der Waals surface area contributed by atoms with Gasteiger partial charge in [0.1, 0.15) is 0 Å². The molecule has 0 radical (unpaired) electrons. The highest BCUT2D eigenvalue weighted by molar-refractivity contribution is 6.39. The Morgan fingerprint density at radius 1 is 1.45 bits per heavy atom. The maximum absolute atomic E-state index is 10.8. The summed E-state index contributed by atoms with van der Waals surface area (Å²) in [5, 5.41) is 8.32. The minimum atomic E-state index is -1.37. The average molecular weight is 152 g/mol. The summed E-state index contributed by atoms with van der Waals surface area (Å²) in [5.74, 6) is -2.15. The fourth-order valence-corrected chi connectivity index (χ4v) is 0.929. The normalized spacial score (nSPS) is 15.8. The largest absolute Gasteiger partial charge is 0.475 e. The van der Waals surface area contributed by atoms with Gasteiger partial charge in [-0.25, -0.2) is 4.79 Å². The average Bonchev–Trinajstić information content (AvgIpc) is 2.05. The topological polar surface area (TPSA) is 54.4 Å². The molecule has 0 heterocycles. The number of carboxylic acid groups (broad SMARTS) is 1. The number of carbonyl (C=O) groups excluding carboxylic acids is 1. The van der Waals surface area contributed by atoms with E-state index in [9.17, 15) is 9.59 Å². The second kappa shape index (κ2) is 3.14. The van der Waals surface area contributed by atoms with Gasteiger partial charge in [0, 0.05) is 5.57 Å². The summed E-state index contributed by atoms with van der Waals surface area (Å²) in [6, 6.07) is 0. The molecule has 3 nitrogen and oxygen atoms in total. The van der Waals surface area contributed by atoms with Gasteiger partial charge >= 0.3 is 5.97 Å². The van der Waals surface area contributed by atoms with Crippen LogP contribution in [-0.4, -0.2) is 16.9 Å². The van der Waals surface area contributed by atoms with Gasteiger partial charge < -0.3 is 5.11 Å². The maximum Gasteiger partial charge on any atom is 0.376 e. The van der Waals surface area contributed by atoms with Crippen molar-refractivity contribution >= 4 is 11.8 Å². The number of aliphatic carboxylic acids is 1. The number of Topliss-reactive ketones (excluding diaryl/α,β-unsaturated/α-hetero) is 1. The number of carboxylic acids is 1. The first-order valence-corrected chi connectivity index (χ1v) is 3.35. The fourth-order valence-electron chi connectivity index (χ4n) is 0.929. The monoisotopic (exact) mass is 152 g/mol. The number of rotatable bonds is 2. The first-order chi connectivity index (χ1) is 5.22. The van der Waals surface area contributed by atoms with Crippen LogP contribution >= 0.6 is 0 Å². The van der Waals surface area contributed by atoms with Crippen LogP contribution in [0.4, 0.5) is 0 Å². The number of ketones is 1. The van der Waals surface area contributed by atoms with Crippen LogP contribution in [0.2, 0.25) is 0 Å². The third kappa shape index (κ3) is 1.77. The van der Waals surface area contributed by atoms with Gasteiger partial charge in [0.05, 0.1) is 0 Å². The highest BCUT2D eigenvalue weighted by Gasteiger charge is 2.16. The third-order valence-electron chi connectivity index (χ3n) is 1.50. The molecule has 0 aromatic carbocycles. The summed E-state index contributed by atoms with van der Waals surface area (Å²) in [5.41, 5.74) is 0.389. The molecule has 1 aliphatic carbocycles. The zero-order valence-corrected chi connectivity index (χ0v) is 5.91. The van der Waals surface area contributed by atoms with E-state index in [4.69, 9.17) is 5.11 Å². The lowest BCUT2D eigenvalue weighted by molar-refractivity contribution is -0.147. The van der Waals surface area contributed by atoms with Gasteiger partial charge in [-0.15, -0.1) is 0 Å². The Bertz CT molecular complexity index is 248. The van der Waals surface area contributed by atoms with E-state index >= 15 is 0 Å². The molecule has 0 saturated heterocycles. The highest BCUT2D eigenvalue weighted by atomic mass is 16.4. The minimum Gasteiger partial charge on any atom is -0.475 e. The van der Waals surface area contributed by atoms with Crippen molar-refractivity contribution in [3.63, 3.8) is 0 Å². The van der Waals surface area contributed by atoms with Crippen molar-refractivity contribution < 1.29 is 14.7 Å². The van der Waals surface area contributed by atoms with Gasteiger partial charge in [-0.3, -0.25) is 4.79 Å². The molecule has 0 unspecified atom stereocenters. The Labute approximate surface area is 64.0 Å². The van der Waals surface area contributed by atoms with Crippen molar-refractivity contribution in [2.24, 2.45) is 0 Å². The number of carbonyl (C=O) groups is 2. The zero-order valence-electron chi connectivity index (χ0n) is 5.91. The summed E-state index contributed by atoms with van der Waals surface area (Å²) in [4.78, 5) is 21.0. The molecular formula is C8H8O3. The smallest absolute Gasteiger partial charge is 0.376 e. The Morgan fingerprint density at radius 2 is 2.18 bits per heavy atom. The molecule has 0 atom stereocenters. The van der Waals surface area contributed by atoms with Crippen LogP contribution in [0.1, 0.15) is 12.8 Å². The molecular weight excluding hydrogens is 144 g/mol. The van der Waals surface area contributed by atoms with Crippen molar-refractivity contribution in [3.8, 4) is 0 Å². The molecule has 0 bridgehead atoms. The van der Waals surface area contributed by atoms with Crippen LogP contribution in [-0.2, 0) is 9.59 Å². The zero-order chi connectivity index (χ0) is 8.27. The van der Waals surface area contributed by atoms with Crippen molar-refractivity contribution in [1.82, 2.24) is 0 Å². The SMILES string of the molecule is O=C(O)C(=O)C1=CC=CCC1. The highest BCUT2D eigenvalue weighted by Crippen LogP contribution is 2.12. The lowest BCUT2D eigenvalue weighted by Crippen LogP contribution is -2.15. The Hall–Kier alpha value is -1.38. The van der Waals surface area contributed by atoms with Gasteiger partial charge in [-0.05, 0) is 12.8 Å². The molecule has 0 saturated carbocycles. The van der Waals surface area contributed by atoms with E-state index in [1.807, 2.05) is 6.08 Å². The van der Waals surface area contributed by atoms with Crippen molar-refractivity contribution in [3.05, 3.63) is 23.8 Å². The number of hydrogen-bond acceptors (Lipinski definition) is 2. The first-order valence-electron chi connectivity index (χ1n) is 3.35.